The van der Waals surface area contributed by atoms with Gasteiger partial charge < -0.3 is 10.3 Å². The largest absolute Gasteiger partial charge is 0.367 e. The van der Waals surface area contributed by atoms with E-state index in [4.69, 9.17) is 5.26 Å². The molecule has 0 aliphatic carbocycles. The number of hydrogen-bond acceptors (Lipinski definition) is 3. The van der Waals surface area contributed by atoms with E-state index in [-0.39, 0.29) is 16.8 Å². The minimum absolute atomic E-state index is 0.0645. The number of benzene rings is 1. The zero-order valence-electron chi connectivity index (χ0n) is 9.61. The van der Waals surface area contributed by atoms with Crippen LogP contribution < -0.4 is 10.7 Å². The third kappa shape index (κ3) is 2.66. The van der Waals surface area contributed by atoms with Crippen molar-refractivity contribution in [1.82, 2.24) is 4.98 Å². The number of aromatic amines is 1. The van der Waals surface area contributed by atoms with Crippen LogP contribution in [0.5, 0.6) is 0 Å². The fourth-order valence-electron chi connectivity index (χ4n) is 1.48. The number of anilines is 1. The van der Waals surface area contributed by atoms with Gasteiger partial charge in [0, 0.05) is 24.1 Å². The van der Waals surface area contributed by atoms with E-state index in [0.29, 0.717) is 0 Å². The van der Waals surface area contributed by atoms with Gasteiger partial charge in [0.05, 0.1) is 5.56 Å². The molecule has 1 aromatic heterocycles. The molecule has 1 aromatic carbocycles. The molecule has 0 radical (unpaired) electrons. The SMILES string of the molecule is N#Cc1cc(NC(=O)c2c[nH]ccc2=O)ccc1F. The van der Waals surface area contributed by atoms with Gasteiger partial charge in [0.1, 0.15) is 17.4 Å². The van der Waals surface area contributed by atoms with E-state index < -0.39 is 17.2 Å². The number of aromatic nitrogens is 1. The second-order valence-electron chi connectivity index (χ2n) is 3.68. The Morgan fingerprint density at radius 1 is 1.37 bits per heavy atom. The lowest BCUT2D eigenvalue weighted by Gasteiger charge is -2.05. The summed E-state index contributed by atoms with van der Waals surface area (Å²) in [5, 5.41) is 11.1. The average molecular weight is 257 g/mol. The van der Waals surface area contributed by atoms with Crippen LogP contribution in [0, 0.1) is 17.1 Å². The number of halogens is 1. The number of hydrogen-bond donors (Lipinski definition) is 2. The molecule has 0 aliphatic rings. The van der Waals surface area contributed by atoms with E-state index in [9.17, 15) is 14.0 Å². The number of carbonyl (C=O) groups is 1. The highest BCUT2D eigenvalue weighted by Crippen LogP contribution is 2.14. The van der Waals surface area contributed by atoms with Crippen LogP contribution in [0.2, 0.25) is 0 Å². The molecule has 0 aliphatic heterocycles. The Balaban J connectivity index is 2.28. The van der Waals surface area contributed by atoms with Crippen molar-refractivity contribution in [3.63, 3.8) is 0 Å². The monoisotopic (exact) mass is 257 g/mol. The first-order valence-corrected chi connectivity index (χ1v) is 5.30. The standard InChI is InChI=1S/C13H8FN3O2/c14-11-2-1-9(5-8(11)6-15)17-13(19)10-7-16-4-3-12(10)18/h1-5,7H,(H,16,18)(H,17,19). The van der Waals surface area contributed by atoms with Crippen molar-refractivity contribution >= 4 is 11.6 Å². The average Bonchev–Trinajstić information content (AvgIpc) is 2.41. The Kier molecular flexibility index (Phi) is 3.39. The normalized spacial score (nSPS) is 9.68. The zero-order chi connectivity index (χ0) is 13.8. The second-order valence-corrected chi connectivity index (χ2v) is 3.68. The van der Waals surface area contributed by atoms with E-state index in [1.807, 2.05) is 0 Å². The van der Waals surface area contributed by atoms with E-state index >= 15 is 0 Å². The summed E-state index contributed by atoms with van der Waals surface area (Å²) >= 11 is 0. The van der Waals surface area contributed by atoms with Crippen molar-refractivity contribution in [1.29, 1.82) is 5.26 Å². The minimum Gasteiger partial charge on any atom is -0.367 e. The molecule has 94 valence electrons. The van der Waals surface area contributed by atoms with Gasteiger partial charge in [-0.15, -0.1) is 0 Å². The number of H-pyrrole nitrogens is 1. The van der Waals surface area contributed by atoms with E-state index in [1.54, 1.807) is 6.07 Å². The number of carbonyl (C=O) groups excluding carboxylic acids is 1. The highest BCUT2D eigenvalue weighted by atomic mass is 19.1. The van der Waals surface area contributed by atoms with Crippen LogP contribution in [0.25, 0.3) is 0 Å². The highest BCUT2D eigenvalue weighted by Gasteiger charge is 2.11. The lowest BCUT2D eigenvalue weighted by Crippen LogP contribution is -2.20. The van der Waals surface area contributed by atoms with Crippen molar-refractivity contribution in [3.05, 3.63) is 63.8 Å². The summed E-state index contributed by atoms with van der Waals surface area (Å²) in [5.41, 5.74) is -0.435. The fourth-order valence-corrected chi connectivity index (χ4v) is 1.48. The Labute approximate surface area is 107 Å². The fraction of sp³-hybridized carbons (Fsp3) is 0. The molecule has 0 saturated heterocycles. The molecule has 0 fully saturated rings. The molecule has 2 N–H and O–H groups in total. The maximum atomic E-state index is 13.1. The topological polar surface area (TPSA) is 85.8 Å². The molecule has 2 aromatic rings. The van der Waals surface area contributed by atoms with Crippen LogP contribution in [-0.4, -0.2) is 10.9 Å². The molecule has 0 atom stereocenters. The first-order valence-electron chi connectivity index (χ1n) is 5.30. The van der Waals surface area contributed by atoms with Gasteiger partial charge in [-0.05, 0) is 18.2 Å². The van der Waals surface area contributed by atoms with Crippen LogP contribution in [0.4, 0.5) is 10.1 Å². The molecular formula is C13H8FN3O2. The van der Waals surface area contributed by atoms with Crippen molar-refractivity contribution in [2.75, 3.05) is 5.32 Å². The number of nitrogens with one attached hydrogen (secondary N) is 2. The number of pyridine rings is 1. The van der Waals surface area contributed by atoms with Crippen LogP contribution in [0.15, 0.2) is 41.5 Å². The van der Waals surface area contributed by atoms with E-state index in [2.05, 4.69) is 10.3 Å². The van der Waals surface area contributed by atoms with Crippen LogP contribution in [0.3, 0.4) is 0 Å². The molecule has 6 heteroatoms. The number of rotatable bonds is 2. The van der Waals surface area contributed by atoms with Gasteiger partial charge in [-0.25, -0.2) is 4.39 Å². The molecular weight excluding hydrogens is 249 g/mol. The van der Waals surface area contributed by atoms with Gasteiger partial charge in [-0.3, -0.25) is 9.59 Å². The van der Waals surface area contributed by atoms with Crippen molar-refractivity contribution in [2.24, 2.45) is 0 Å². The first-order chi connectivity index (χ1) is 9.11. The van der Waals surface area contributed by atoms with Crippen LogP contribution in [-0.2, 0) is 0 Å². The molecule has 0 bridgehead atoms. The first kappa shape index (κ1) is 12.5. The summed E-state index contributed by atoms with van der Waals surface area (Å²) in [5.74, 6) is -1.30. The highest BCUT2D eigenvalue weighted by molar-refractivity contribution is 6.04. The molecule has 0 saturated carbocycles. The van der Waals surface area contributed by atoms with Gasteiger partial charge in [0.25, 0.3) is 5.91 Å². The predicted octanol–water partition coefficient (Wildman–Crippen LogP) is 1.64. The zero-order valence-corrected chi connectivity index (χ0v) is 9.61. The Hall–Kier alpha value is -2.94. The Morgan fingerprint density at radius 2 is 2.16 bits per heavy atom. The minimum atomic E-state index is -0.668. The lowest BCUT2D eigenvalue weighted by molar-refractivity contribution is 0.102. The summed E-state index contributed by atoms with van der Waals surface area (Å²) < 4.78 is 13.1. The quantitative estimate of drug-likeness (QED) is 0.857. The van der Waals surface area contributed by atoms with Crippen LogP contribution in [0.1, 0.15) is 15.9 Å². The van der Waals surface area contributed by atoms with Crippen molar-refractivity contribution < 1.29 is 9.18 Å². The molecule has 0 unspecified atom stereocenters. The summed E-state index contributed by atoms with van der Waals surface area (Å²) in [6.07, 6.45) is 2.68. The van der Waals surface area contributed by atoms with Gasteiger partial charge >= 0.3 is 0 Å². The molecule has 19 heavy (non-hydrogen) atoms. The molecule has 1 heterocycles. The third-order valence-corrected chi connectivity index (χ3v) is 2.41. The smallest absolute Gasteiger partial charge is 0.261 e. The Bertz CT molecular complexity index is 731. The van der Waals surface area contributed by atoms with Crippen LogP contribution >= 0.6 is 0 Å². The number of nitriles is 1. The van der Waals surface area contributed by atoms with E-state index in [1.165, 1.54) is 30.6 Å². The summed E-state index contributed by atoms with van der Waals surface area (Å²) in [4.78, 5) is 25.9. The Morgan fingerprint density at radius 3 is 2.84 bits per heavy atom. The lowest BCUT2D eigenvalue weighted by atomic mass is 10.2. The van der Waals surface area contributed by atoms with Gasteiger partial charge in [-0.1, -0.05) is 0 Å². The molecule has 0 spiro atoms. The number of nitrogens with zero attached hydrogens (tertiary/aromatic N) is 1. The summed E-state index contributed by atoms with van der Waals surface area (Å²) in [7, 11) is 0. The molecule has 2 rings (SSSR count). The van der Waals surface area contributed by atoms with Gasteiger partial charge in [0.15, 0.2) is 5.43 Å². The van der Waals surface area contributed by atoms with Crippen molar-refractivity contribution in [3.8, 4) is 6.07 Å². The molecule has 1 amide bonds. The van der Waals surface area contributed by atoms with Crippen molar-refractivity contribution in [2.45, 2.75) is 0 Å². The maximum Gasteiger partial charge on any atom is 0.261 e. The maximum absolute atomic E-state index is 13.1. The summed E-state index contributed by atoms with van der Waals surface area (Å²) in [6, 6.07) is 6.47. The third-order valence-electron chi connectivity index (χ3n) is 2.41. The predicted molar refractivity (Wildman–Crippen MR) is 66.1 cm³/mol. The number of amides is 1. The van der Waals surface area contributed by atoms with Gasteiger partial charge in [0.2, 0.25) is 0 Å². The van der Waals surface area contributed by atoms with Gasteiger partial charge in [-0.2, -0.15) is 5.26 Å². The second kappa shape index (κ2) is 5.14. The van der Waals surface area contributed by atoms with E-state index in [0.717, 1.165) is 6.07 Å². The summed E-state index contributed by atoms with van der Waals surface area (Å²) in [6.45, 7) is 0. The molecule has 5 nitrogen and oxygen atoms in total.